The minimum Gasteiger partial charge on any atom is -0.462 e. The molecule has 9 heteroatoms. The van der Waals surface area contributed by atoms with Crippen LogP contribution < -0.4 is 5.32 Å². The third-order valence-electron chi connectivity index (χ3n) is 6.10. The Kier molecular flexibility index (Phi) is 7.35. The van der Waals surface area contributed by atoms with Gasteiger partial charge in [0.2, 0.25) is 0 Å². The normalized spacial score (nSPS) is 14.8. The third kappa shape index (κ3) is 5.45. The second kappa shape index (κ2) is 10.4. The molecule has 184 valence electrons. The minimum atomic E-state index is -0.608. The van der Waals surface area contributed by atoms with Crippen LogP contribution in [0.25, 0.3) is 11.4 Å². The standard InChI is InChI=1S/C26H29N3O5S/c1-5-33-26(32)22-19-11-6-14(2)12-20(19)35-24(22)29-21(30)13-34-25(31)18-9-7-17(8-10-18)23-27-15(3)16(4)28-23/h7-10,14H,5-6,11-13H2,1-4H3,(H,27,28)(H,29,30). The zero-order chi connectivity index (χ0) is 25.1. The molecule has 0 radical (unpaired) electrons. The van der Waals surface area contributed by atoms with E-state index in [2.05, 4.69) is 22.2 Å². The van der Waals surface area contributed by atoms with Crippen molar-refractivity contribution in [2.75, 3.05) is 18.5 Å². The highest BCUT2D eigenvalue weighted by Crippen LogP contribution is 2.40. The van der Waals surface area contributed by atoms with Crippen molar-refractivity contribution in [1.82, 2.24) is 9.97 Å². The lowest BCUT2D eigenvalue weighted by molar-refractivity contribution is -0.119. The summed E-state index contributed by atoms with van der Waals surface area (Å²) in [6, 6.07) is 6.82. The lowest BCUT2D eigenvalue weighted by atomic mass is 9.88. The summed E-state index contributed by atoms with van der Waals surface area (Å²) in [5.41, 5.74) is 4.47. The zero-order valence-corrected chi connectivity index (χ0v) is 21.1. The maximum Gasteiger partial charge on any atom is 0.341 e. The van der Waals surface area contributed by atoms with Gasteiger partial charge >= 0.3 is 11.9 Å². The van der Waals surface area contributed by atoms with Gasteiger partial charge in [-0.1, -0.05) is 19.1 Å². The molecular weight excluding hydrogens is 466 g/mol. The number of nitrogens with one attached hydrogen (secondary N) is 2. The van der Waals surface area contributed by atoms with E-state index in [4.69, 9.17) is 9.47 Å². The Hall–Kier alpha value is -3.46. The molecule has 1 aliphatic rings. The van der Waals surface area contributed by atoms with E-state index in [0.717, 1.165) is 52.5 Å². The number of imidazole rings is 1. The van der Waals surface area contributed by atoms with Crippen LogP contribution in [0.4, 0.5) is 5.00 Å². The molecule has 35 heavy (non-hydrogen) atoms. The Labute approximate surface area is 208 Å². The number of aryl methyl sites for hydroxylation is 2. The quantitative estimate of drug-likeness (QED) is 0.453. The number of ether oxygens (including phenoxy) is 2. The van der Waals surface area contributed by atoms with Crippen molar-refractivity contribution < 1.29 is 23.9 Å². The van der Waals surface area contributed by atoms with E-state index in [9.17, 15) is 14.4 Å². The number of thiophene rings is 1. The summed E-state index contributed by atoms with van der Waals surface area (Å²) in [7, 11) is 0. The topological polar surface area (TPSA) is 110 Å². The van der Waals surface area contributed by atoms with Gasteiger partial charge < -0.3 is 19.8 Å². The highest BCUT2D eigenvalue weighted by molar-refractivity contribution is 7.17. The van der Waals surface area contributed by atoms with Crippen LogP contribution >= 0.6 is 11.3 Å². The number of anilines is 1. The van der Waals surface area contributed by atoms with Crippen molar-refractivity contribution in [1.29, 1.82) is 0 Å². The van der Waals surface area contributed by atoms with E-state index >= 15 is 0 Å². The number of H-pyrrole nitrogens is 1. The fraction of sp³-hybridized carbons (Fsp3) is 0.385. The van der Waals surface area contributed by atoms with E-state index < -0.39 is 24.5 Å². The van der Waals surface area contributed by atoms with E-state index in [-0.39, 0.29) is 6.61 Å². The average molecular weight is 496 g/mol. The number of esters is 2. The number of rotatable bonds is 7. The van der Waals surface area contributed by atoms with Crippen LogP contribution in [0.5, 0.6) is 0 Å². The molecule has 3 aromatic rings. The van der Waals surface area contributed by atoms with Crippen molar-refractivity contribution in [2.45, 2.75) is 47.0 Å². The maximum atomic E-state index is 12.6. The van der Waals surface area contributed by atoms with Crippen LogP contribution in [0, 0.1) is 19.8 Å². The number of hydrogen-bond donors (Lipinski definition) is 2. The highest BCUT2D eigenvalue weighted by atomic mass is 32.1. The lowest BCUT2D eigenvalue weighted by Gasteiger charge is -2.18. The smallest absolute Gasteiger partial charge is 0.341 e. The second-order valence-corrected chi connectivity index (χ2v) is 9.88. The van der Waals surface area contributed by atoms with Gasteiger partial charge in [0, 0.05) is 16.1 Å². The van der Waals surface area contributed by atoms with Crippen LogP contribution in [-0.4, -0.2) is 41.0 Å². The lowest BCUT2D eigenvalue weighted by Crippen LogP contribution is -2.22. The van der Waals surface area contributed by atoms with Crippen LogP contribution in [0.1, 0.15) is 62.8 Å². The molecule has 0 bridgehead atoms. The molecule has 1 unspecified atom stereocenters. The first-order valence-corrected chi connectivity index (χ1v) is 12.5. The summed E-state index contributed by atoms with van der Waals surface area (Å²) in [6.07, 6.45) is 2.63. The molecule has 2 heterocycles. The summed E-state index contributed by atoms with van der Waals surface area (Å²) in [5.74, 6) is -0.302. The molecule has 0 fully saturated rings. The number of carbonyl (C=O) groups is 3. The number of hydrogen-bond acceptors (Lipinski definition) is 7. The van der Waals surface area contributed by atoms with Crippen molar-refractivity contribution >= 4 is 34.2 Å². The summed E-state index contributed by atoms with van der Waals surface area (Å²) in [6.45, 7) is 7.59. The number of amides is 1. The number of nitrogens with zero attached hydrogens (tertiary/aromatic N) is 1. The number of aromatic nitrogens is 2. The first-order chi connectivity index (χ1) is 16.8. The number of fused-ring (bicyclic) bond motifs is 1. The highest BCUT2D eigenvalue weighted by Gasteiger charge is 2.29. The molecule has 8 nitrogen and oxygen atoms in total. The van der Waals surface area contributed by atoms with Crippen LogP contribution in [0.2, 0.25) is 0 Å². The molecule has 0 saturated heterocycles. The van der Waals surface area contributed by atoms with Gasteiger partial charge in [-0.05, 0) is 63.6 Å². The maximum absolute atomic E-state index is 12.6. The van der Waals surface area contributed by atoms with E-state index in [1.807, 2.05) is 13.8 Å². The van der Waals surface area contributed by atoms with Gasteiger partial charge in [-0.15, -0.1) is 11.3 Å². The molecule has 0 spiro atoms. The first-order valence-electron chi connectivity index (χ1n) is 11.7. The molecule has 1 atom stereocenters. The summed E-state index contributed by atoms with van der Waals surface area (Å²) < 4.78 is 10.4. The summed E-state index contributed by atoms with van der Waals surface area (Å²) in [4.78, 5) is 46.4. The van der Waals surface area contributed by atoms with Crippen molar-refractivity contribution in [3.05, 3.63) is 57.2 Å². The Morgan fingerprint density at radius 3 is 2.54 bits per heavy atom. The average Bonchev–Trinajstić information content (AvgIpc) is 3.36. The number of carbonyl (C=O) groups excluding carboxylic acids is 3. The molecule has 1 amide bonds. The molecule has 1 aromatic carbocycles. The first kappa shape index (κ1) is 24.7. The molecular formula is C26H29N3O5S. The molecule has 0 aliphatic heterocycles. The Balaban J connectivity index is 1.40. The van der Waals surface area contributed by atoms with Gasteiger partial charge in [-0.3, -0.25) is 4.79 Å². The Morgan fingerprint density at radius 1 is 1.14 bits per heavy atom. The largest absolute Gasteiger partial charge is 0.462 e. The predicted molar refractivity (Wildman–Crippen MR) is 134 cm³/mol. The molecule has 4 rings (SSSR count). The molecule has 2 N–H and O–H groups in total. The van der Waals surface area contributed by atoms with Crippen molar-refractivity contribution in [3.8, 4) is 11.4 Å². The molecule has 0 saturated carbocycles. The molecule has 1 aliphatic carbocycles. The summed E-state index contributed by atoms with van der Waals surface area (Å²) >= 11 is 1.40. The van der Waals surface area contributed by atoms with Gasteiger partial charge in [0.05, 0.1) is 23.4 Å². The summed E-state index contributed by atoms with van der Waals surface area (Å²) in [5, 5.41) is 3.21. The Morgan fingerprint density at radius 2 is 1.89 bits per heavy atom. The second-order valence-electron chi connectivity index (χ2n) is 8.77. The van der Waals surface area contributed by atoms with Gasteiger partial charge in [0.15, 0.2) is 6.61 Å². The zero-order valence-electron chi connectivity index (χ0n) is 20.3. The SMILES string of the molecule is CCOC(=O)c1c(NC(=O)COC(=O)c2ccc(-c3nc(C)c(C)[nH]3)cc2)sc2c1CCC(C)C2. The van der Waals surface area contributed by atoms with Crippen LogP contribution in [-0.2, 0) is 27.1 Å². The van der Waals surface area contributed by atoms with Gasteiger partial charge in [-0.25, -0.2) is 14.6 Å². The van der Waals surface area contributed by atoms with Gasteiger partial charge in [0.25, 0.3) is 5.91 Å². The predicted octanol–water partition coefficient (Wildman–Crippen LogP) is 4.85. The Bertz CT molecular complexity index is 1240. The fourth-order valence-corrected chi connectivity index (χ4v) is 5.50. The minimum absolute atomic E-state index is 0.253. The molecule has 2 aromatic heterocycles. The van der Waals surface area contributed by atoms with Gasteiger partial charge in [-0.2, -0.15) is 0 Å². The number of benzene rings is 1. The van der Waals surface area contributed by atoms with E-state index in [1.165, 1.54) is 11.3 Å². The number of aromatic amines is 1. The monoisotopic (exact) mass is 495 g/mol. The van der Waals surface area contributed by atoms with Crippen LogP contribution in [0.15, 0.2) is 24.3 Å². The van der Waals surface area contributed by atoms with Crippen molar-refractivity contribution in [3.63, 3.8) is 0 Å². The van der Waals surface area contributed by atoms with E-state index in [1.54, 1.807) is 31.2 Å². The van der Waals surface area contributed by atoms with Crippen LogP contribution in [0.3, 0.4) is 0 Å². The van der Waals surface area contributed by atoms with Crippen molar-refractivity contribution in [2.24, 2.45) is 5.92 Å². The fourth-order valence-electron chi connectivity index (χ4n) is 4.08. The van der Waals surface area contributed by atoms with Gasteiger partial charge in [0.1, 0.15) is 10.8 Å². The van der Waals surface area contributed by atoms with E-state index in [0.29, 0.717) is 22.0 Å². The third-order valence-corrected chi connectivity index (χ3v) is 7.27.